The van der Waals surface area contributed by atoms with Gasteiger partial charge in [0.05, 0.1) is 12.6 Å². The van der Waals surface area contributed by atoms with Crippen LogP contribution < -0.4 is 15.8 Å². The summed E-state index contributed by atoms with van der Waals surface area (Å²) in [5.74, 6) is 1.88. The van der Waals surface area contributed by atoms with Gasteiger partial charge >= 0.3 is 0 Å². The maximum Gasteiger partial charge on any atom is 0.154 e. The van der Waals surface area contributed by atoms with Crippen molar-refractivity contribution in [2.24, 2.45) is 10.7 Å². The summed E-state index contributed by atoms with van der Waals surface area (Å²) < 4.78 is 5.19. The van der Waals surface area contributed by atoms with Crippen LogP contribution in [0.25, 0.3) is 0 Å². The van der Waals surface area contributed by atoms with Gasteiger partial charge in [-0.1, -0.05) is 36.0 Å². The number of ether oxygens (including phenoxy) is 1. The van der Waals surface area contributed by atoms with Gasteiger partial charge in [0.2, 0.25) is 0 Å². The number of nitrogens with zero attached hydrogens (tertiary/aromatic N) is 1. The minimum Gasteiger partial charge on any atom is -0.497 e. The molecule has 0 bridgehead atoms. The van der Waals surface area contributed by atoms with Crippen LogP contribution in [0.5, 0.6) is 5.75 Å². The summed E-state index contributed by atoms with van der Waals surface area (Å²) in [6, 6.07) is 16.6. The molecule has 0 saturated carbocycles. The van der Waals surface area contributed by atoms with E-state index in [1.807, 2.05) is 12.1 Å². The fourth-order valence-electron chi connectivity index (χ4n) is 2.81. The molecular formula is C19H23N3OS. The minimum atomic E-state index is -0.229. The molecule has 1 heterocycles. The largest absolute Gasteiger partial charge is 0.497 e. The van der Waals surface area contributed by atoms with Gasteiger partial charge in [0.1, 0.15) is 5.75 Å². The molecule has 126 valence electrons. The van der Waals surface area contributed by atoms with Crippen molar-refractivity contribution in [2.75, 3.05) is 18.2 Å². The van der Waals surface area contributed by atoms with Crippen molar-refractivity contribution in [3.63, 3.8) is 0 Å². The van der Waals surface area contributed by atoms with Crippen molar-refractivity contribution in [2.45, 2.75) is 25.4 Å². The van der Waals surface area contributed by atoms with E-state index in [0.717, 1.165) is 30.2 Å². The van der Waals surface area contributed by atoms with Gasteiger partial charge in [0.25, 0.3) is 0 Å². The van der Waals surface area contributed by atoms with E-state index in [9.17, 15) is 0 Å². The molecule has 4 nitrogen and oxygen atoms in total. The molecule has 0 aliphatic carbocycles. The number of rotatable bonds is 5. The lowest BCUT2D eigenvalue weighted by atomic mass is 9.89. The molecule has 3 N–H and O–H groups in total. The van der Waals surface area contributed by atoms with E-state index in [4.69, 9.17) is 10.5 Å². The van der Waals surface area contributed by atoms with Crippen LogP contribution in [0.4, 0.5) is 5.69 Å². The minimum absolute atomic E-state index is 0.229. The lowest BCUT2D eigenvalue weighted by Gasteiger charge is -2.30. The van der Waals surface area contributed by atoms with Crippen LogP contribution in [0.1, 0.15) is 24.5 Å². The maximum atomic E-state index is 5.93. The third-order valence-electron chi connectivity index (χ3n) is 4.34. The van der Waals surface area contributed by atoms with Crippen molar-refractivity contribution in [1.29, 1.82) is 0 Å². The molecule has 1 atom stereocenters. The fourth-order valence-corrected chi connectivity index (χ4v) is 3.78. The second-order valence-corrected chi connectivity index (χ2v) is 7.22. The lowest BCUT2D eigenvalue weighted by molar-refractivity contribution is 0.414. The molecule has 1 unspecified atom stereocenters. The molecule has 2 aromatic rings. The van der Waals surface area contributed by atoms with E-state index in [0.29, 0.717) is 5.17 Å². The summed E-state index contributed by atoms with van der Waals surface area (Å²) in [5, 5.41) is 4.16. The Morgan fingerprint density at radius 1 is 1.25 bits per heavy atom. The van der Waals surface area contributed by atoms with Crippen LogP contribution in [0, 0.1) is 0 Å². The molecule has 0 fully saturated rings. The third-order valence-corrected chi connectivity index (χ3v) is 5.13. The van der Waals surface area contributed by atoms with Crippen LogP contribution >= 0.6 is 11.8 Å². The van der Waals surface area contributed by atoms with E-state index in [-0.39, 0.29) is 5.54 Å². The van der Waals surface area contributed by atoms with E-state index in [1.165, 1.54) is 11.1 Å². The van der Waals surface area contributed by atoms with Crippen LogP contribution in [0.3, 0.4) is 0 Å². The number of benzene rings is 2. The van der Waals surface area contributed by atoms with Crippen molar-refractivity contribution in [1.82, 2.24) is 0 Å². The number of nitrogens with one attached hydrogen (secondary N) is 1. The van der Waals surface area contributed by atoms with Gasteiger partial charge in [-0.25, -0.2) is 0 Å². The Morgan fingerprint density at radius 3 is 2.75 bits per heavy atom. The zero-order valence-corrected chi connectivity index (χ0v) is 14.9. The number of thioether (sulfide) groups is 1. The van der Waals surface area contributed by atoms with Gasteiger partial charge in [-0.05, 0) is 48.7 Å². The van der Waals surface area contributed by atoms with Crippen molar-refractivity contribution >= 4 is 22.6 Å². The Bertz CT molecular complexity index is 730. The Hall–Kier alpha value is -2.14. The van der Waals surface area contributed by atoms with E-state index < -0.39 is 0 Å². The lowest BCUT2D eigenvalue weighted by Crippen LogP contribution is -2.28. The summed E-state index contributed by atoms with van der Waals surface area (Å²) in [7, 11) is 1.68. The first kappa shape index (κ1) is 16.7. The van der Waals surface area contributed by atoms with Crippen molar-refractivity contribution in [3.05, 3.63) is 59.7 Å². The normalized spacial score (nSPS) is 20.3. The smallest absolute Gasteiger partial charge is 0.154 e. The molecule has 0 saturated heterocycles. The second-order valence-electron chi connectivity index (χ2n) is 6.10. The van der Waals surface area contributed by atoms with Crippen LogP contribution in [-0.2, 0) is 12.1 Å². The highest BCUT2D eigenvalue weighted by Crippen LogP contribution is 2.35. The van der Waals surface area contributed by atoms with Crippen molar-refractivity contribution < 1.29 is 4.74 Å². The van der Waals surface area contributed by atoms with E-state index >= 15 is 0 Å². The Morgan fingerprint density at radius 2 is 2.04 bits per heavy atom. The van der Waals surface area contributed by atoms with Gasteiger partial charge < -0.3 is 15.8 Å². The first-order valence-electron chi connectivity index (χ1n) is 8.04. The number of anilines is 1. The van der Waals surface area contributed by atoms with Crippen molar-refractivity contribution in [3.8, 4) is 5.75 Å². The van der Waals surface area contributed by atoms with Crippen LogP contribution in [0.15, 0.2) is 53.5 Å². The van der Waals surface area contributed by atoms with Gasteiger partial charge in [-0.15, -0.1) is 0 Å². The molecule has 24 heavy (non-hydrogen) atoms. The molecular weight excluding hydrogens is 318 g/mol. The summed E-state index contributed by atoms with van der Waals surface area (Å²) in [6.07, 6.45) is 1.00. The van der Waals surface area contributed by atoms with Gasteiger partial charge in [-0.2, -0.15) is 0 Å². The zero-order chi connectivity index (χ0) is 17.0. The van der Waals surface area contributed by atoms with Crippen LogP contribution in [-0.4, -0.2) is 18.0 Å². The highest BCUT2D eigenvalue weighted by Gasteiger charge is 2.29. The molecule has 5 heteroatoms. The topological polar surface area (TPSA) is 59.6 Å². The molecule has 1 aliphatic rings. The van der Waals surface area contributed by atoms with E-state index in [1.54, 1.807) is 18.9 Å². The van der Waals surface area contributed by atoms with Gasteiger partial charge in [0.15, 0.2) is 5.17 Å². The second kappa shape index (κ2) is 7.18. The van der Waals surface area contributed by atoms with Crippen LogP contribution in [0.2, 0.25) is 0 Å². The molecule has 0 radical (unpaired) electrons. The third kappa shape index (κ3) is 3.85. The Kier molecular flexibility index (Phi) is 5.00. The number of methoxy groups -OCH3 is 1. The standard InChI is InChI=1S/C19H23N3OS/c1-19(10-11-24-18(20)22-19)15-4-3-5-16(12-15)21-13-14-6-8-17(23-2)9-7-14/h3-9,12,21H,10-11,13H2,1-2H3,(H2,20,22). The number of nitrogens with two attached hydrogens (primary N) is 1. The molecule has 1 aliphatic heterocycles. The average molecular weight is 341 g/mol. The number of aliphatic imine (C=N–C) groups is 1. The summed E-state index contributed by atoms with van der Waals surface area (Å²) in [6.45, 7) is 2.92. The number of hydrogen-bond acceptors (Lipinski definition) is 5. The summed E-state index contributed by atoms with van der Waals surface area (Å²) in [5.41, 5.74) is 9.21. The van der Waals surface area contributed by atoms with Gasteiger partial charge in [0, 0.05) is 18.0 Å². The highest BCUT2D eigenvalue weighted by molar-refractivity contribution is 8.13. The molecule has 0 aromatic heterocycles. The highest BCUT2D eigenvalue weighted by atomic mass is 32.2. The molecule has 2 aromatic carbocycles. The van der Waals surface area contributed by atoms with Gasteiger partial charge in [-0.3, -0.25) is 4.99 Å². The Balaban J connectivity index is 1.72. The number of hydrogen-bond donors (Lipinski definition) is 2. The predicted octanol–water partition coefficient (Wildman–Crippen LogP) is 3.97. The predicted molar refractivity (Wildman–Crippen MR) is 103 cm³/mol. The van der Waals surface area contributed by atoms with E-state index in [2.05, 4.69) is 53.6 Å². The zero-order valence-electron chi connectivity index (χ0n) is 14.1. The summed E-state index contributed by atoms with van der Waals surface area (Å²) >= 11 is 1.63. The average Bonchev–Trinajstić information content (AvgIpc) is 2.60. The Labute approximate surface area is 147 Å². The molecule has 3 rings (SSSR count). The molecule has 0 amide bonds. The molecule has 0 spiro atoms. The summed E-state index contributed by atoms with van der Waals surface area (Å²) in [4.78, 5) is 4.68. The first-order chi connectivity index (χ1) is 11.6. The number of amidine groups is 1. The SMILES string of the molecule is COc1ccc(CNc2cccc(C3(C)CCSC(N)=N3)c2)cc1. The quantitative estimate of drug-likeness (QED) is 0.864. The first-order valence-corrected chi connectivity index (χ1v) is 9.03. The fraction of sp³-hybridized carbons (Fsp3) is 0.316. The maximum absolute atomic E-state index is 5.93. The monoisotopic (exact) mass is 341 g/mol.